The number of rotatable bonds is 3. The van der Waals surface area contributed by atoms with Crippen molar-refractivity contribution in [2.75, 3.05) is 18.4 Å². The van der Waals surface area contributed by atoms with Crippen molar-refractivity contribution in [3.8, 4) is 11.3 Å². The van der Waals surface area contributed by atoms with E-state index in [0.717, 1.165) is 37.2 Å². The van der Waals surface area contributed by atoms with Crippen molar-refractivity contribution < 1.29 is 9.21 Å². The highest BCUT2D eigenvalue weighted by Gasteiger charge is 2.20. The van der Waals surface area contributed by atoms with Gasteiger partial charge in [-0.05, 0) is 31.5 Å². The quantitative estimate of drug-likeness (QED) is 0.898. The van der Waals surface area contributed by atoms with Gasteiger partial charge in [0, 0.05) is 17.8 Å². The van der Waals surface area contributed by atoms with E-state index in [1.807, 2.05) is 24.3 Å². The predicted octanol–water partition coefficient (Wildman–Crippen LogP) is 2.28. The van der Waals surface area contributed by atoms with Gasteiger partial charge in [-0.2, -0.15) is 0 Å². The monoisotopic (exact) mass is 271 g/mol. The SMILES string of the molecule is O=C(Nc1cccc(-c2cnco2)c1)[C@@H]1CCCNC1. The van der Waals surface area contributed by atoms with E-state index in [1.54, 1.807) is 6.20 Å². The Morgan fingerprint density at radius 3 is 3.15 bits per heavy atom. The highest BCUT2D eigenvalue weighted by atomic mass is 16.3. The molecular formula is C15H17N3O2. The Kier molecular flexibility index (Phi) is 3.78. The van der Waals surface area contributed by atoms with Crippen molar-refractivity contribution in [2.45, 2.75) is 12.8 Å². The Morgan fingerprint density at radius 2 is 2.40 bits per heavy atom. The van der Waals surface area contributed by atoms with Crippen LogP contribution in [0.4, 0.5) is 5.69 Å². The summed E-state index contributed by atoms with van der Waals surface area (Å²) >= 11 is 0. The van der Waals surface area contributed by atoms with E-state index in [4.69, 9.17) is 4.42 Å². The van der Waals surface area contributed by atoms with Gasteiger partial charge in [-0.1, -0.05) is 12.1 Å². The first kappa shape index (κ1) is 12.9. The van der Waals surface area contributed by atoms with Gasteiger partial charge in [-0.3, -0.25) is 4.79 Å². The number of aromatic nitrogens is 1. The molecule has 1 aromatic heterocycles. The summed E-state index contributed by atoms with van der Waals surface area (Å²) < 4.78 is 5.26. The number of hydrogen-bond donors (Lipinski definition) is 2. The Morgan fingerprint density at radius 1 is 1.45 bits per heavy atom. The van der Waals surface area contributed by atoms with Crippen molar-refractivity contribution in [1.82, 2.24) is 10.3 Å². The molecule has 0 unspecified atom stereocenters. The lowest BCUT2D eigenvalue weighted by Gasteiger charge is -2.21. The minimum atomic E-state index is 0.0534. The van der Waals surface area contributed by atoms with E-state index >= 15 is 0 Å². The van der Waals surface area contributed by atoms with Crippen LogP contribution in [0.1, 0.15) is 12.8 Å². The fourth-order valence-corrected chi connectivity index (χ4v) is 2.43. The molecule has 0 saturated carbocycles. The molecular weight excluding hydrogens is 254 g/mol. The van der Waals surface area contributed by atoms with E-state index in [-0.39, 0.29) is 11.8 Å². The molecule has 0 spiro atoms. The highest BCUT2D eigenvalue weighted by Crippen LogP contribution is 2.22. The van der Waals surface area contributed by atoms with Crippen LogP contribution in [0.3, 0.4) is 0 Å². The third kappa shape index (κ3) is 2.88. The average molecular weight is 271 g/mol. The van der Waals surface area contributed by atoms with Gasteiger partial charge >= 0.3 is 0 Å². The van der Waals surface area contributed by atoms with Gasteiger partial charge < -0.3 is 15.1 Å². The maximum absolute atomic E-state index is 12.2. The molecule has 20 heavy (non-hydrogen) atoms. The Bertz CT molecular complexity index is 575. The van der Waals surface area contributed by atoms with Crippen molar-refractivity contribution in [3.05, 3.63) is 36.9 Å². The first-order valence-electron chi connectivity index (χ1n) is 6.83. The third-order valence-corrected chi connectivity index (χ3v) is 3.51. The minimum absolute atomic E-state index is 0.0534. The predicted molar refractivity (Wildman–Crippen MR) is 76.2 cm³/mol. The fraction of sp³-hybridized carbons (Fsp3) is 0.333. The molecule has 3 rings (SSSR count). The van der Waals surface area contributed by atoms with E-state index < -0.39 is 0 Å². The molecule has 5 heteroatoms. The number of piperidine rings is 1. The van der Waals surface area contributed by atoms with Crippen LogP contribution in [0.25, 0.3) is 11.3 Å². The topological polar surface area (TPSA) is 67.2 Å². The van der Waals surface area contributed by atoms with E-state index in [0.29, 0.717) is 5.76 Å². The lowest BCUT2D eigenvalue weighted by Crippen LogP contribution is -2.37. The second kappa shape index (κ2) is 5.88. The second-order valence-electron chi connectivity index (χ2n) is 4.98. The van der Waals surface area contributed by atoms with Crippen LogP contribution in [0.2, 0.25) is 0 Å². The van der Waals surface area contributed by atoms with Crippen LogP contribution in [0, 0.1) is 5.92 Å². The molecule has 1 fully saturated rings. The summed E-state index contributed by atoms with van der Waals surface area (Å²) in [5.74, 6) is 0.824. The van der Waals surface area contributed by atoms with Gasteiger partial charge in [-0.15, -0.1) is 0 Å². The normalized spacial score (nSPS) is 18.7. The van der Waals surface area contributed by atoms with Gasteiger partial charge in [0.1, 0.15) is 0 Å². The molecule has 104 valence electrons. The lowest BCUT2D eigenvalue weighted by molar-refractivity contribution is -0.120. The molecule has 2 aromatic rings. The zero-order chi connectivity index (χ0) is 13.8. The zero-order valence-corrected chi connectivity index (χ0v) is 11.1. The molecule has 1 aliphatic heterocycles. The molecule has 1 aliphatic rings. The number of hydrogen-bond acceptors (Lipinski definition) is 4. The van der Waals surface area contributed by atoms with E-state index in [9.17, 15) is 4.79 Å². The maximum Gasteiger partial charge on any atom is 0.228 e. The summed E-state index contributed by atoms with van der Waals surface area (Å²) in [7, 11) is 0. The van der Waals surface area contributed by atoms with Crippen LogP contribution in [-0.4, -0.2) is 24.0 Å². The zero-order valence-electron chi connectivity index (χ0n) is 11.1. The number of nitrogens with one attached hydrogen (secondary N) is 2. The first-order chi connectivity index (χ1) is 9.83. The number of carbonyl (C=O) groups excluding carboxylic acids is 1. The van der Waals surface area contributed by atoms with Crippen LogP contribution < -0.4 is 10.6 Å². The number of carbonyl (C=O) groups is 1. The molecule has 1 atom stereocenters. The molecule has 1 aromatic carbocycles. The summed E-state index contributed by atoms with van der Waals surface area (Å²) in [5.41, 5.74) is 1.69. The number of oxazole rings is 1. The molecule has 0 radical (unpaired) electrons. The highest BCUT2D eigenvalue weighted by molar-refractivity contribution is 5.93. The van der Waals surface area contributed by atoms with Crippen LogP contribution >= 0.6 is 0 Å². The van der Waals surface area contributed by atoms with Crippen LogP contribution in [0.15, 0.2) is 41.3 Å². The fourth-order valence-electron chi connectivity index (χ4n) is 2.43. The van der Waals surface area contributed by atoms with Gasteiger partial charge in [0.05, 0.1) is 12.1 Å². The van der Waals surface area contributed by atoms with Crippen molar-refractivity contribution in [3.63, 3.8) is 0 Å². The van der Waals surface area contributed by atoms with Crippen molar-refractivity contribution >= 4 is 11.6 Å². The minimum Gasteiger partial charge on any atom is -0.444 e. The smallest absolute Gasteiger partial charge is 0.228 e. The molecule has 0 aliphatic carbocycles. The summed E-state index contributed by atoms with van der Waals surface area (Å²) in [6.45, 7) is 1.76. The average Bonchev–Trinajstić information content (AvgIpc) is 3.03. The van der Waals surface area contributed by atoms with Gasteiger partial charge in [0.2, 0.25) is 5.91 Å². The van der Waals surface area contributed by atoms with Crippen molar-refractivity contribution in [1.29, 1.82) is 0 Å². The summed E-state index contributed by atoms with van der Waals surface area (Å²) in [6.07, 6.45) is 5.05. The standard InChI is InChI=1S/C15H17N3O2/c19-15(12-4-2-6-16-8-12)18-13-5-1-3-11(7-13)14-9-17-10-20-14/h1,3,5,7,9-10,12,16H,2,4,6,8H2,(H,18,19)/t12-/m1/s1. The Labute approximate surface area is 117 Å². The van der Waals surface area contributed by atoms with Crippen molar-refractivity contribution in [2.24, 2.45) is 5.92 Å². The van der Waals surface area contributed by atoms with E-state index in [1.165, 1.54) is 6.39 Å². The Hall–Kier alpha value is -2.14. The summed E-state index contributed by atoms with van der Waals surface area (Å²) in [4.78, 5) is 16.1. The van der Waals surface area contributed by atoms with Crippen LogP contribution in [-0.2, 0) is 4.79 Å². The van der Waals surface area contributed by atoms with Gasteiger partial charge in [-0.25, -0.2) is 4.98 Å². The number of nitrogens with zero attached hydrogens (tertiary/aromatic N) is 1. The molecule has 0 bridgehead atoms. The van der Waals surface area contributed by atoms with E-state index in [2.05, 4.69) is 15.6 Å². The van der Waals surface area contributed by atoms with Crippen LogP contribution in [0.5, 0.6) is 0 Å². The first-order valence-corrected chi connectivity index (χ1v) is 6.83. The number of benzene rings is 1. The van der Waals surface area contributed by atoms with Gasteiger partial charge in [0.15, 0.2) is 12.2 Å². The molecule has 1 amide bonds. The molecule has 1 saturated heterocycles. The molecule has 2 N–H and O–H groups in total. The third-order valence-electron chi connectivity index (χ3n) is 3.51. The molecule has 2 heterocycles. The number of amides is 1. The lowest BCUT2D eigenvalue weighted by atomic mass is 9.98. The molecule has 5 nitrogen and oxygen atoms in total. The summed E-state index contributed by atoms with van der Waals surface area (Å²) in [5, 5.41) is 6.22. The number of anilines is 1. The maximum atomic E-state index is 12.2. The van der Waals surface area contributed by atoms with Gasteiger partial charge in [0.25, 0.3) is 0 Å². The Balaban J connectivity index is 1.71. The second-order valence-corrected chi connectivity index (χ2v) is 4.98. The summed E-state index contributed by atoms with van der Waals surface area (Å²) in [6, 6.07) is 7.60. The largest absolute Gasteiger partial charge is 0.444 e.